The molecule has 0 N–H and O–H groups in total. The third-order valence-corrected chi connectivity index (χ3v) is 1.43. The third kappa shape index (κ3) is 4.53. The Hall–Kier alpha value is -1.41. The summed E-state index contributed by atoms with van der Waals surface area (Å²) >= 11 is 0. The van der Waals surface area contributed by atoms with E-state index in [4.69, 9.17) is 0 Å². The fourth-order valence-electron chi connectivity index (χ4n) is 0.617. The Morgan fingerprint density at radius 1 is 0.667 bits per heavy atom. The zero-order valence-electron chi connectivity index (χ0n) is 8.76. The second-order valence-electron chi connectivity index (χ2n) is 3.04. The lowest BCUT2D eigenvalue weighted by molar-refractivity contribution is -0.503. The Kier molecular flexibility index (Phi) is 4.76. The second-order valence-corrected chi connectivity index (χ2v) is 3.04. The molecule has 0 saturated carbocycles. The van der Waals surface area contributed by atoms with E-state index in [1.807, 2.05) is 0 Å². The fourth-order valence-corrected chi connectivity index (χ4v) is 0.617. The molecule has 0 radical (unpaired) electrons. The van der Waals surface area contributed by atoms with Crippen molar-refractivity contribution >= 4 is 5.97 Å². The summed E-state index contributed by atoms with van der Waals surface area (Å²) in [4.78, 5) is 9.87. The maximum atomic E-state index is 12.5. The summed E-state index contributed by atoms with van der Waals surface area (Å²) in [7, 11) is 0. The number of carbonyl (C=O) groups excluding carboxylic acids is 1. The van der Waals surface area contributed by atoms with Crippen molar-refractivity contribution in [3.8, 4) is 0 Å². The predicted octanol–water partition coefficient (Wildman–Crippen LogP) is 3.45. The van der Waals surface area contributed by atoms with Crippen LogP contribution in [0.15, 0.2) is 0 Å². The lowest BCUT2D eigenvalue weighted by Crippen LogP contribution is -2.59. The summed E-state index contributed by atoms with van der Waals surface area (Å²) in [6.45, 7) is 0. The molecule has 0 aromatic heterocycles. The van der Waals surface area contributed by atoms with Crippen LogP contribution in [0.3, 0.4) is 0 Å². The van der Waals surface area contributed by atoms with E-state index in [0.717, 1.165) is 0 Å². The highest BCUT2D eigenvalue weighted by Gasteiger charge is 2.78. The summed E-state index contributed by atoms with van der Waals surface area (Å²) in [5.41, 5.74) is 0. The van der Waals surface area contributed by atoms with Crippen LogP contribution >= 0.6 is 0 Å². The molecule has 3 nitrogen and oxygen atoms in total. The van der Waals surface area contributed by atoms with Gasteiger partial charge in [-0.2, -0.15) is 39.5 Å². The molecule has 0 aliphatic heterocycles. The molecule has 15 heteroatoms. The zero-order valence-corrected chi connectivity index (χ0v) is 8.76. The molecular formula is C6F12O3. The first kappa shape index (κ1) is 19.6. The number of carbonyl (C=O) groups is 1. The number of rotatable bonds is 4. The van der Waals surface area contributed by atoms with Crippen LogP contribution in [0.5, 0.6) is 0 Å². The van der Waals surface area contributed by atoms with Crippen molar-refractivity contribution in [3.63, 3.8) is 0 Å². The molecule has 0 heterocycles. The smallest absolute Gasteiger partial charge is 0.389 e. The van der Waals surface area contributed by atoms with Gasteiger partial charge in [0.2, 0.25) is 0 Å². The van der Waals surface area contributed by atoms with E-state index in [9.17, 15) is 57.5 Å². The summed E-state index contributed by atoms with van der Waals surface area (Å²) in [5.74, 6) is -11.3. The van der Waals surface area contributed by atoms with Crippen LogP contribution < -0.4 is 0 Å². The van der Waals surface area contributed by atoms with Crippen LogP contribution in [0.25, 0.3) is 0 Å². The predicted molar refractivity (Wildman–Crippen MR) is 34.1 cm³/mol. The number of hydrogen-bond acceptors (Lipinski definition) is 3. The largest absolute Gasteiger partial charge is 0.527 e. The average molecular weight is 348 g/mol. The molecule has 0 fully saturated rings. The van der Waals surface area contributed by atoms with Crippen LogP contribution in [-0.4, -0.2) is 36.6 Å². The van der Waals surface area contributed by atoms with Gasteiger partial charge in [0.15, 0.2) is 0 Å². The van der Waals surface area contributed by atoms with Crippen molar-refractivity contribution in [2.75, 3.05) is 0 Å². The lowest BCUT2D eigenvalue weighted by Gasteiger charge is -2.31. The van der Waals surface area contributed by atoms with Gasteiger partial charge in [0.1, 0.15) is 0 Å². The minimum absolute atomic E-state index is 1.41. The van der Waals surface area contributed by atoms with Crippen molar-refractivity contribution < 1.29 is 67.0 Å². The van der Waals surface area contributed by atoms with Crippen molar-refractivity contribution in [1.29, 1.82) is 0 Å². The minimum Gasteiger partial charge on any atom is -0.389 e. The van der Waals surface area contributed by atoms with Gasteiger partial charge in [-0.1, -0.05) is 0 Å². The Balaban J connectivity index is 5.42. The van der Waals surface area contributed by atoms with E-state index < -0.39 is 36.6 Å². The highest BCUT2D eigenvalue weighted by Crippen LogP contribution is 2.49. The highest BCUT2D eigenvalue weighted by atomic mass is 19.4. The molecule has 0 spiro atoms. The van der Waals surface area contributed by atoms with E-state index in [1.54, 1.807) is 4.74 Å². The first-order valence-corrected chi connectivity index (χ1v) is 4.04. The molecule has 0 aromatic rings. The van der Waals surface area contributed by atoms with Gasteiger partial charge in [-0.25, -0.2) is 9.53 Å². The van der Waals surface area contributed by atoms with Gasteiger partial charge in [0.25, 0.3) is 0 Å². The monoisotopic (exact) mass is 348 g/mol. The van der Waals surface area contributed by atoms with Crippen LogP contribution in [-0.2, 0) is 14.3 Å². The topological polar surface area (TPSA) is 35.5 Å². The van der Waals surface area contributed by atoms with Gasteiger partial charge >= 0.3 is 36.6 Å². The van der Waals surface area contributed by atoms with Gasteiger partial charge in [-0.15, -0.1) is 13.2 Å². The Bertz CT molecular complexity index is 393. The summed E-state index contributed by atoms with van der Waals surface area (Å²) in [6, 6.07) is 0. The molecule has 0 aliphatic rings. The minimum atomic E-state index is -7.25. The summed E-state index contributed by atoms with van der Waals surface area (Å²) in [5, 5.41) is 0. The molecule has 0 amide bonds. The first-order chi connectivity index (χ1) is 8.83. The van der Waals surface area contributed by atoms with E-state index in [1.165, 1.54) is 4.74 Å². The number of ether oxygens (including phenoxy) is 2. The number of esters is 1. The van der Waals surface area contributed by atoms with Crippen LogP contribution in [0.4, 0.5) is 52.7 Å². The van der Waals surface area contributed by atoms with Crippen molar-refractivity contribution in [2.24, 2.45) is 0 Å². The molecule has 0 rings (SSSR count). The Morgan fingerprint density at radius 3 is 1.33 bits per heavy atom. The van der Waals surface area contributed by atoms with E-state index >= 15 is 0 Å². The van der Waals surface area contributed by atoms with E-state index in [2.05, 4.69) is 0 Å². The average Bonchev–Trinajstić information content (AvgIpc) is 2.10. The number of hydrogen-bond donors (Lipinski definition) is 0. The Labute approximate surface area is 105 Å². The molecule has 0 bridgehead atoms. The molecule has 21 heavy (non-hydrogen) atoms. The molecule has 0 aliphatic carbocycles. The first-order valence-electron chi connectivity index (χ1n) is 4.04. The maximum absolute atomic E-state index is 12.5. The van der Waals surface area contributed by atoms with Gasteiger partial charge in [-0.3, -0.25) is 0 Å². The van der Waals surface area contributed by atoms with Gasteiger partial charge < -0.3 is 4.74 Å². The molecule has 0 atom stereocenters. The van der Waals surface area contributed by atoms with Crippen LogP contribution in [0.1, 0.15) is 0 Å². The SMILES string of the molecule is O=C(OC(F)(F)C(F)(F)C(F)(F)OC(F)(F)F)C(F)(F)F. The molecular weight excluding hydrogens is 348 g/mol. The molecule has 126 valence electrons. The molecule has 0 unspecified atom stereocenters. The van der Waals surface area contributed by atoms with Crippen LogP contribution in [0.2, 0.25) is 0 Å². The van der Waals surface area contributed by atoms with Crippen molar-refractivity contribution in [3.05, 3.63) is 0 Å². The van der Waals surface area contributed by atoms with Crippen molar-refractivity contribution in [1.82, 2.24) is 0 Å². The second kappa shape index (κ2) is 5.10. The van der Waals surface area contributed by atoms with Gasteiger partial charge in [0, 0.05) is 0 Å². The van der Waals surface area contributed by atoms with Gasteiger partial charge in [0.05, 0.1) is 0 Å². The van der Waals surface area contributed by atoms with Crippen LogP contribution in [0, 0.1) is 0 Å². The third-order valence-electron chi connectivity index (χ3n) is 1.43. The van der Waals surface area contributed by atoms with E-state index in [-0.39, 0.29) is 0 Å². The molecule has 0 saturated heterocycles. The summed E-state index contributed by atoms with van der Waals surface area (Å²) in [6.07, 6.45) is -26.8. The normalized spacial score (nSPS) is 15.0. The summed E-state index contributed by atoms with van der Waals surface area (Å²) < 4.78 is 146. The number of alkyl halides is 12. The maximum Gasteiger partial charge on any atom is 0.527 e. The zero-order chi connectivity index (χ0) is 17.5. The highest BCUT2D eigenvalue weighted by molar-refractivity contribution is 5.75. The van der Waals surface area contributed by atoms with Gasteiger partial charge in [-0.05, 0) is 0 Å². The lowest BCUT2D eigenvalue weighted by atomic mass is 10.3. The van der Waals surface area contributed by atoms with E-state index in [0.29, 0.717) is 0 Å². The number of halogens is 12. The van der Waals surface area contributed by atoms with Crippen molar-refractivity contribution in [2.45, 2.75) is 30.7 Å². The standard InChI is InChI=1S/C6F12O3/c7-2(8,9)1(19)20-4(12,13)3(10,11)5(14,15)21-6(16,17)18. The Morgan fingerprint density at radius 2 is 1.05 bits per heavy atom. The fraction of sp³-hybridized carbons (Fsp3) is 0.833. The molecule has 0 aromatic carbocycles. The quantitative estimate of drug-likeness (QED) is 0.577.